The summed E-state index contributed by atoms with van der Waals surface area (Å²) in [5.41, 5.74) is 0.483. The molecule has 0 aliphatic carbocycles. The van der Waals surface area contributed by atoms with E-state index in [1.807, 2.05) is 27.7 Å². The highest BCUT2D eigenvalue weighted by Crippen LogP contribution is 2.13. The molecule has 13 nitrogen and oxygen atoms in total. The lowest BCUT2D eigenvalue weighted by Gasteiger charge is -2.28. The van der Waals surface area contributed by atoms with Gasteiger partial charge in [-0.3, -0.25) is 29.2 Å². The maximum Gasteiger partial charge on any atom is 0.252 e. The van der Waals surface area contributed by atoms with Crippen LogP contribution in [0.4, 0.5) is 8.78 Å². The Morgan fingerprint density at radius 3 is 1.96 bits per heavy atom. The van der Waals surface area contributed by atoms with Crippen molar-refractivity contribution >= 4 is 29.5 Å². The van der Waals surface area contributed by atoms with Gasteiger partial charge in [0, 0.05) is 42.1 Å². The Balaban J connectivity index is 2.25. The molecular formula is C36H54F2N7O6+. The van der Waals surface area contributed by atoms with Gasteiger partial charge in [-0.1, -0.05) is 47.5 Å². The fraction of sp³-hybridized carbons (Fsp3) is 0.556. The van der Waals surface area contributed by atoms with E-state index in [1.54, 1.807) is 20.8 Å². The number of halogens is 2. The molecule has 0 fully saturated rings. The van der Waals surface area contributed by atoms with Crippen molar-refractivity contribution in [2.24, 2.45) is 11.8 Å². The van der Waals surface area contributed by atoms with Crippen molar-refractivity contribution in [3.8, 4) is 0 Å². The lowest BCUT2D eigenvalue weighted by Crippen LogP contribution is -2.58. The molecule has 0 unspecified atom stereocenters. The molecule has 0 aliphatic heterocycles. The second-order valence-electron chi connectivity index (χ2n) is 13.1. The van der Waals surface area contributed by atoms with Gasteiger partial charge in [-0.05, 0) is 56.2 Å². The number of rotatable bonds is 20. The van der Waals surface area contributed by atoms with E-state index in [9.17, 15) is 38.0 Å². The molecular weight excluding hydrogens is 664 g/mol. The van der Waals surface area contributed by atoms with Gasteiger partial charge in [0.05, 0.1) is 11.6 Å². The number of aromatic nitrogens is 1. The summed E-state index contributed by atoms with van der Waals surface area (Å²) in [5, 5.41) is 26.4. The second-order valence-corrected chi connectivity index (χ2v) is 13.1. The van der Waals surface area contributed by atoms with Crippen LogP contribution < -0.4 is 36.6 Å². The number of hydrogen-bond acceptors (Lipinski definition) is 7. The third kappa shape index (κ3) is 13.9. The van der Waals surface area contributed by atoms with Crippen LogP contribution in [0, 0.1) is 23.5 Å². The molecule has 0 spiro atoms. The molecule has 0 bridgehead atoms. The molecule has 2 rings (SSSR count). The summed E-state index contributed by atoms with van der Waals surface area (Å²) in [5.74, 6) is -4.51. The van der Waals surface area contributed by atoms with E-state index in [2.05, 4.69) is 31.9 Å². The quantitative estimate of drug-likeness (QED) is 0.0807. The number of nitrogens with one attached hydrogen (secondary N) is 6. The van der Waals surface area contributed by atoms with Crippen LogP contribution in [0.25, 0.3) is 0 Å². The van der Waals surface area contributed by atoms with E-state index in [4.69, 9.17) is 0 Å². The number of carbonyl (C=O) groups is 5. The normalized spacial score (nSPS) is 14.7. The Hall–Kier alpha value is -4.66. The maximum atomic E-state index is 14.1. The SMILES string of the molecule is CCC[C@H](NC(=O)[C@@H](NC(=O)c1cc[n+](O)cc1)[C@@H](C)CC)C(=O)N[C@H](CN[C@@H](C)C(=O)N[C@H](C(=O)NCC)C(C)C)Cc1cc(F)cc(F)c1. The summed E-state index contributed by atoms with van der Waals surface area (Å²) in [6, 6.07) is 1.44. The molecule has 1 heterocycles. The van der Waals surface area contributed by atoms with Gasteiger partial charge >= 0.3 is 0 Å². The van der Waals surface area contributed by atoms with Crippen LogP contribution in [0.1, 0.15) is 83.7 Å². The maximum absolute atomic E-state index is 14.1. The van der Waals surface area contributed by atoms with Crippen LogP contribution in [0.5, 0.6) is 0 Å². The van der Waals surface area contributed by atoms with E-state index < -0.39 is 65.5 Å². The highest BCUT2D eigenvalue weighted by molar-refractivity contribution is 5.98. The molecule has 1 aromatic heterocycles. The van der Waals surface area contributed by atoms with Crippen molar-refractivity contribution in [1.29, 1.82) is 0 Å². The average Bonchev–Trinajstić information content (AvgIpc) is 3.07. The minimum absolute atomic E-state index is 0.00474. The van der Waals surface area contributed by atoms with Crippen LogP contribution in [0.2, 0.25) is 0 Å². The number of nitrogens with zero attached hydrogens (tertiary/aromatic N) is 1. The molecule has 15 heteroatoms. The summed E-state index contributed by atoms with van der Waals surface area (Å²) in [6.07, 6.45) is 3.84. The largest absolute Gasteiger partial charge is 0.355 e. The van der Waals surface area contributed by atoms with Gasteiger partial charge in [-0.15, -0.1) is 0 Å². The zero-order chi connectivity index (χ0) is 38.2. The van der Waals surface area contributed by atoms with Gasteiger partial charge in [0.2, 0.25) is 36.0 Å². The molecule has 0 saturated heterocycles. The highest BCUT2D eigenvalue weighted by atomic mass is 19.1. The minimum atomic E-state index is -1.02. The fourth-order valence-corrected chi connectivity index (χ4v) is 5.31. The van der Waals surface area contributed by atoms with Crippen molar-refractivity contribution in [1.82, 2.24) is 31.9 Å². The first-order valence-electron chi connectivity index (χ1n) is 17.5. The first kappa shape index (κ1) is 42.5. The topological polar surface area (TPSA) is 182 Å². The number of pyridine rings is 1. The molecule has 2 aromatic rings. The first-order valence-corrected chi connectivity index (χ1v) is 17.5. The minimum Gasteiger partial charge on any atom is -0.355 e. The van der Waals surface area contributed by atoms with Crippen LogP contribution in [0.15, 0.2) is 42.7 Å². The Morgan fingerprint density at radius 1 is 0.784 bits per heavy atom. The monoisotopic (exact) mass is 718 g/mol. The van der Waals surface area contributed by atoms with Crippen LogP contribution >= 0.6 is 0 Å². The predicted molar refractivity (Wildman–Crippen MR) is 186 cm³/mol. The van der Waals surface area contributed by atoms with Gasteiger partial charge in [-0.2, -0.15) is 0 Å². The lowest BCUT2D eigenvalue weighted by atomic mass is 9.97. The van der Waals surface area contributed by atoms with Gasteiger partial charge in [0.25, 0.3) is 5.91 Å². The molecule has 1 aromatic carbocycles. The van der Waals surface area contributed by atoms with Gasteiger partial charge in [0.1, 0.15) is 29.8 Å². The first-order chi connectivity index (χ1) is 24.1. The fourth-order valence-electron chi connectivity index (χ4n) is 5.31. The Labute approximate surface area is 298 Å². The number of benzene rings is 1. The van der Waals surface area contributed by atoms with Crippen LogP contribution in [-0.4, -0.2) is 78.0 Å². The predicted octanol–water partition coefficient (Wildman–Crippen LogP) is 1.90. The van der Waals surface area contributed by atoms with E-state index in [0.717, 1.165) is 22.9 Å². The Kier molecular flexibility index (Phi) is 17.4. The van der Waals surface area contributed by atoms with Crippen LogP contribution in [-0.2, 0) is 25.6 Å². The van der Waals surface area contributed by atoms with Gasteiger partial charge in [0.15, 0.2) is 0 Å². The summed E-state index contributed by atoms with van der Waals surface area (Å²) >= 11 is 0. The Morgan fingerprint density at radius 2 is 1.41 bits per heavy atom. The van der Waals surface area contributed by atoms with Crippen molar-refractivity contribution < 1.29 is 42.7 Å². The van der Waals surface area contributed by atoms with Gasteiger partial charge < -0.3 is 31.9 Å². The van der Waals surface area contributed by atoms with Crippen molar-refractivity contribution in [2.45, 2.75) is 104 Å². The number of hydrogen-bond donors (Lipinski definition) is 7. The average molecular weight is 719 g/mol. The summed E-state index contributed by atoms with van der Waals surface area (Å²) in [4.78, 5) is 65.9. The molecule has 0 radical (unpaired) electrons. The van der Waals surface area contributed by atoms with E-state index in [-0.39, 0.29) is 48.3 Å². The zero-order valence-corrected chi connectivity index (χ0v) is 30.5. The van der Waals surface area contributed by atoms with Crippen LogP contribution in [0.3, 0.4) is 0 Å². The van der Waals surface area contributed by atoms with E-state index >= 15 is 0 Å². The molecule has 7 N–H and O–H groups in total. The lowest BCUT2D eigenvalue weighted by molar-refractivity contribution is -0.904. The molecule has 0 saturated carbocycles. The molecule has 0 aliphatic rings. The highest BCUT2D eigenvalue weighted by Gasteiger charge is 2.31. The molecule has 6 atom stereocenters. The van der Waals surface area contributed by atoms with Crippen molar-refractivity contribution in [2.75, 3.05) is 13.1 Å². The van der Waals surface area contributed by atoms with E-state index in [0.29, 0.717) is 19.4 Å². The summed E-state index contributed by atoms with van der Waals surface area (Å²) < 4.78 is 29.0. The standard InChI is InChI=1S/C36H53F2N7O6/c1-8-11-29(42-36(50)31(22(6)9-2)44-33(47)25-12-14-45(51)15-13-25)34(48)41-28(18-24-16-26(37)19-27(38)17-24)20-40-23(7)32(46)43-30(21(4)5)35(49)39-10-3/h12-17,19,21-23,28-31,40H,8-11,18,20H2,1-7H3,(H5-,39,41,42,43,44,46,47,48,49,50,51)/p+1/t22-,23-,28-,29-,30-,31-/m0/s1. The Bertz CT molecular complexity index is 1460. The van der Waals surface area contributed by atoms with Crippen molar-refractivity contribution in [3.05, 3.63) is 65.5 Å². The smallest absolute Gasteiger partial charge is 0.252 e. The summed E-state index contributed by atoms with van der Waals surface area (Å²) in [6.45, 7) is 12.9. The molecule has 5 amide bonds. The molecule has 51 heavy (non-hydrogen) atoms. The molecule has 282 valence electrons. The summed E-state index contributed by atoms with van der Waals surface area (Å²) in [7, 11) is 0. The number of likely N-dealkylation sites (N-methyl/N-ethyl adjacent to an activating group) is 1. The number of carbonyl (C=O) groups excluding carboxylic acids is 5. The third-order valence-corrected chi connectivity index (χ3v) is 8.48. The second kappa shape index (κ2) is 20.9. The van der Waals surface area contributed by atoms with E-state index in [1.165, 1.54) is 24.5 Å². The van der Waals surface area contributed by atoms with Crippen molar-refractivity contribution in [3.63, 3.8) is 0 Å². The zero-order valence-electron chi connectivity index (χ0n) is 30.5. The third-order valence-electron chi connectivity index (χ3n) is 8.48. The number of amides is 5. The van der Waals surface area contributed by atoms with Gasteiger partial charge in [-0.25, -0.2) is 8.78 Å².